The van der Waals surface area contributed by atoms with Crippen LogP contribution in [0.1, 0.15) is 51.7 Å². The van der Waals surface area contributed by atoms with E-state index in [4.69, 9.17) is 14.2 Å². The van der Waals surface area contributed by atoms with E-state index >= 15 is 0 Å². The average Bonchev–Trinajstić information content (AvgIpc) is 3.51. The minimum Gasteiger partial charge on any atom is -0.445 e. The zero-order valence-electron chi connectivity index (χ0n) is 28.5. The number of thioether (sulfide) groups is 1. The lowest BCUT2D eigenvalue weighted by Gasteiger charge is -2.31. The number of nitrogens with one attached hydrogen (secondary N) is 3. The number of carbonyl (C=O) groups is 4. The summed E-state index contributed by atoms with van der Waals surface area (Å²) < 4.78 is 16.7. The molecule has 7 atom stereocenters. The first-order chi connectivity index (χ1) is 23.7. The zero-order chi connectivity index (χ0) is 35.2. The van der Waals surface area contributed by atoms with E-state index in [1.807, 2.05) is 119 Å². The minimum atomic E-state index is -0.934. The molecule has 3 amide bonds. The highest BCUT2D eigenvalue weighted by molar-refractivity contribution is 7.99. The summed E-state index contributed by atoms with van der Waals surface area (Å²) in [5.74, 6) is -0.978. The number of cyclic esters (lactones) is 2. The van der Waals surface area contributed by atoms with Crippen molar-refractivity contribution in [1.82, 2.24) is 16.0 Å². The third kappa shape index (κ3) is 11.3. The predicted octanol–water partition coefficient (Wildman–Crippen LogP) is 6.28. The van der Waals surface area contributed by atoms with Gasteiger partial charge in [0, 0.05) is 10.6 Å². The Balaban J connectivity index is 1.50. The second-order valence-electron chi connectivity index (χ2n) is 12.4. The molecular weight excluding hydrogens is 642 g/mol. The Morgan fingerprint density at radius 2 is 1.27 bits per heavy atom. The van der Waals surface area contributed by atoms with Gasteiger partial charge in [-0.3, -0.25) is 9.59 Å². The number of alkyl carbamates (subject to hydrolysis) is 1. The highest BCUT2D eigenvalue weighted by Gasteiger charge is 2.44. The quantitative estimate of drug-likeness (QED) is 0.112. The van der Waals surface area contributed by atoms with Crippen molar-refractivity contribution in [3.63, 3.8) is 0 Å². The molecule has 0 aliphatic carbocycles. The van der Waals surface area contributed by atoms with Gasteiger partial charge in [0.05, 0.1) is 6.04 Å². The molecule has 3 aromatic carbocycles. The van der Waals surface area contributed by atoms with Gasteiger partial charge in [-0.05, 0) is 41.5 Å². The second kappa shape index (κ2) is 18.9. The van der Waals surface area contributed by atoms with E-state index in [1.54, 1.807) is 0 Å². The summed E-state index contributed by atoms with van der Waals surface area (Å²) in [5, 5.41) is 8.74. The van der Waals surface area contributed by atoms with E-state index in [9.17, 15) is 19.2 Å². The molecule has 1 saturated heterocycles. The molecule has 11 heteroatoms. The lowest BCUT2D eigenvalue weighted by molar-refractivity contribution is -0.132. The van der Waals surface area contributed by atoms with Crippen molar-refractivity contribution in [3.05, 3.63) is 102 Å². The molecule has 0 spiro atoms. The maximum absolute atomic E-state index is 14.1. The molecular formula is C38H47N3O7S. The molecule has 0 unspecified atom stereocenters. The number of benzene rings is 3. The molecule has 0 radical (unpaired) electrons. The van der Waals surface area contributed by atoms with Crippen molar-refractivity contribution < 1.29 is 33.4 Å². The SMILES string of the molecule is CC[C@H](C)[C@H](NC(=O)OCc1ccccc1)C(=O)N[C@H](C(=O)N[C@@H](Cc1ccccc1)[C@@H]1OC(=O)O[C@@H]1CSc1ccccc1)[C@@H](C)CC. The first kappa shape index (κ1) is 37.3. The molecule has 10 nitrogen and oxygen atoms in total. The van der Waals surface area contributed by atoms with Gasteiger partial charge in [0.2, 0.25) is 11.8 Å². The summed E-state index contributed by atoms with van der Waals surface area (Å²) in [7, 11) is 0. The fourth-order valence-corrected chi connectivity index (χ4v) is 6.46. The van der Waals surface area contributed by atoms with Gasteiger partial charge >= 0.3 is 12.2 Å². The van der Waals surface area contributed by atoms with Crippen LogP contribution >= 0.6 is 11.8 Å². The summed E-state index contributed by atoms with van der Waals surface area (Å²) >= 11 is 1.53. The summed E-state index contributed by atoms with van der Waals surface area (Å²) in [5.41, 5.74) is 1.75. The van der Waals surface area contributed by atoms with Gasteiger partial charge in [0.25, 0.3) is 0 Å². The number of ether oxygens (including phenoxy) is 3. The van der Waals surface area contributed by atoms with Crippen molar-refractivity contribution in [1.29, 1.82) is 0 Å². The van der Waals surface area contributed by atoms with Gasteiger partial charge in [-0.2, -0.15) is 0 Å². The fraction of sp³-hybridized carbons (Fsp3) is 0.421. The van der Waals surface area contributed by atoms with Crippen LogP contribution in [0, 0.1) is 11.8 Å². The van der Waals surface area contributed by atoms with E-state index in [0.717, 1.165) is 16.0 Å². The van der Waals surface area contributed by atoms with Crippen molar-refractivity contribution in [2.24, 2.45) is 11.8 Å². The Bertz CT molecular complexity index is 1490. The summed E-state index contributed by atoms with van der Waals surface area (Å²) in [6.07, 6.45) is -1.33. The van der Waals surface area contributed by atoms with Crippen LogP contribution in [0.5, 0.6) is 0 Å². The lowest BCUT2D eigenvalue weighted by atomic mass is 9.93. The highest BCUT2D eigenvalue weighted by Crippen LogP contribution is 2.28. The summed E-state index contributed by atoms with van der Waals surface area (Å²) in [6.45, 7) is 7.66. The Kier molecular flexibility index (Phi) is 14.4. The van der Waals surface area contributed by atoms with Gasteiger partial charge < -0.3 is 30.2 Å². The van der Waals surface area contributed by atoms with Crippen LogP contribution in [0.2, 0.25) is 0 Å². The average molecular weight is 690 g/mol. The number of hydrogen-bond donors (Lipinski definition) is 3. The van der Waals surface area contributed by atoms with E-state index in [0.29, 0.717) is 25.0 Å². The van der Waals surface area contributed by atoms with Crippen molar-refractivity contribution in [3.8, 4) is 0 Å². The third-order valence-electron chi connectivity index (χ3n) is 8.80. The van der Waals surface area contributed by atoms with Crippen LogP contribution in [0.15, 0.2) is 95.9 Å². The second-order valence-corrected chi connectivity index (χ2v) is 13.5. The van der Waals surface area contributed by atoms with Crippen LogP contribution in [0.4, 0.5) is 9.59 Å². The van der Waals surface area contributed by atoms with E-state index in [2.05, 4.69) is 16.0 Å². The van der Waals surface area contributed by atoms with Crippen molar-refractivity contribution >= 4 is 35.8 Å². The number of amides is 3. The molecule has 262 valence electrons. The molecule has 3 N–H and O–H groups in total. The maximum atomic E-state index is 14.1. The first-order valence-electron chi connectivity index (χ1n) is 16.8. The monoisotopic (exact) mass is 689 g/mol. The predicted molar refractivity (Wildman–Crippen MR) is 189 cm³/mol. The molecule has 1 fully saturated rings. The molecule has 1 aliphatic rings. The van der Waals surface area contributed by atoms with Crippen LogP contribution in [-0.4, -0.2) is 60.1 Å². The maximum Gasteiger partial charge on any atom is 0.509 e. The highest BCUT2D eigenvalue weighted by atomic mass is 32.2. The molecule has 3 aromatic rings. The van der Waals surface area contributed by atoms with Crippen molar-refractivity contribution in [2.45, 2.75) is 88.8 Å². The molecule has 0 aromatic heterocycles. The van der Waals surface area contributed by atoms with Gasteiger partial charge in [-0.25, -0.2) is 9.59 Å². The summed E-state index contributed by atoms with van der Waals surface area (Å²) in [4.78, 5) is 54.2. The van der Waals surface area contributed by atoms with Crippen LogP contribution in [-0.2, 0) is 36.8 Å². The molecule has 0 bridgehead atoms. The lowest BCUT2D eigenvalue weighted by Crippen LogP contribution is -2.60. The topological polar surface area (TPSA) is 132 Å². The van der Waals surface area contributed by atoms with Gasteiger partial charge in [0.15, 0.2) is 12.2 Å². The van der Waals surface area contributed by atoms with Crippen LogP contribution in [0.25, 0.3) is 0 Å². The largest absolute Gasteiger partial charge is 0.509 e. The Labute approximate surface area is 293 Å². The molecule has 1 aliphatic heterocycles. The van der Waals surface area contributed by atoms with E-state index < -0.39 is 54.4 Å². The zero-order valence-corrected chi connectivity index (χ0v) is 29.3. The normalized spacial score (nSPS) is 18.5. The van der Waals surface area contributed by atoms with Crippen molar-refractivity contribution in [2.75, 3.05) is 5.75 Å². The molecule has 49 heavy (non-hydrogen) atoms. The third-order valence-corrected chi connectivity index (χ3v) is 9.90. The summed E-state index contributed by atoms with van der Waals surface area (Å²) in [6, 6.07) is 26.1. The van der Waals surface area contributed by atoms with Gasteiger partial charge in [-0.15, -0.1) is 11.8 Å². The fourth-order valence-electron chi connectivity index (χ4n) is 5.50. The smallest absolute Gasteiger partial charge is 0.445 e. The minimum absolute atomic E-state index is 0.0581. The van der Waals surface area contributed by atoms with Gasteiger partial charge in [0.1, 0.15) is 18.7 Å². The number of hydrogen-bond acceptors (Lipinski definition) is 8. The molecule has 0 saturated carbocycles. The van der Waals surface area contributed by atoms with E-state index in [1.165, 1.54) is 11.8 Å². The van der Waals surface area contributed by atoms with Crippen LogP contribution in [0.3, 0.4) is 0 Å². The number of rotatable bonds is 17. The number of carbonyl (C=O) groups excluding carboxylic acids is 4. The Morgan fingerprint density at radius 3 is 1.86 bits per heavy atom. The Morgan fingerprint density at radius 1 is 0.735 bits per heavy atom. The van der Waals surface area contributed by atoms with E-state index in [-0.39, 0.29) is 18.4 Å². The standard InChI is InChI=1S/C38H47N3O7S/c1-5-25(3)32(40-36(43)33(26(4)6-2)41-37(44)46-23-28-18-12-8-13-19-28)35(42)39-30(22-27-16-10-7-11-17-27)34-31(47-38(45)48-34)24-49-29-20-14-9-15-21-29/h7-21,25-26,30-34H,5-6,22-24H2,1-4H3,(H,39,42)(H,40,43)(H,41,44)/t25-,26-,30-,31+,32-,33-,34-/m0/s1. The van der Waals surface area contributed by atoms with Gasteiger partial charge in [-0.1, -0.05) is 119 Å². The Hall–Kier alpha value is -4.51. The molecule has 1 heterocycles. The first-order valence-corrected chi connectivity index (χ1v) is 17.8. The molecule has 4 rings (SSSR count). The van der Waals surface area contributed by atoms with Crippen LogP contribution < -0.4 is 16.0 Å².